The lowest BCUT2D eigenvalue weighted by Crippen LogP contribution is -2.09. The molecule has 1 aliphatic carbocycles. The molecule has 1 aliphatic rings. The van der Waals surface area contributed by atoms with Crippen molar-refractivity contribution in [1.82, 2.24) is 0 Å². The quantitative estimate of drug-likeness (QED) is 0.567. The van der Waals surface area contributed by atoms with E-state index in [1.165, 1.54) is 6.92 Å². The summed E-state index contributed by atoms with van der Waals surface area (Å²) in [5.74, 6) is -0.294. The van der Waals surface area contributed by atoms with Gasteiger partial charge in [-0.3, -0.25) is 9.59 Å². The average Bonchev–Trinajstić information content (AvgIpc) is 2.65. The third kappa shape index (κ3) is 1.79. The van der Waals surface area contributed by atoms with E-state index < -0.39 is 0 Å². The van der Waals surface area contributed by atoms with Crippen molar-refractivity contribution in [3.8, 4) is 0 Å². The molecule has 2 atom stereocenters. The normalized spacial score (nSPS) is 27.8. The third-order valence-corrected chi connectivity index (χ3v) is 1.90. The predicted molar refractivity (Wildman–Crippen MR) is 38.9 cm³/mol. The fourth-order valence-electron chi connectivity index (χ4n) is 1.15. The second-order valence-electron chi connectivity index (χ2n) is 2.81. The lowest BCUT2D eigenvalue weighted by Gasteiger charge is -1.97. The molecular formula is C8H12O3. The molecule has 0 aliphatic heterocycles. The highest BCUT2D eigenvalue weighted by Gasteiger charge is 2.47. The molecule has 1 fully saturated rings. The van der Waals surface area contributed by atoms with Crippen molar-refractivity contribution in [2.45, 2.75) is 20.3 Å². The van der Waals surface area contributed by atoms with Crippen LogP contribution in [0.3, 0.4) is 0 Å². The largest absolute Gasteiger partial charge is 0.466 e. The van der Waals surface area contributed by atoms with Gasteiger partial charge in [-0.1, -0.05) is 0 Å². The van der Waals surface area contributed by atoms with E-state index in [-0.39, 0.29) is 23.6 Å². The topological polar surface area (TPSA) is 43.4 Å². The molecule has 3 heteroatoms. The Morgan fingerprint density at radius 2 is 2.09 bits per heavy atom. The van der Waals surface area contributed by atoms with E-state index >= 15 is 0 Å². The summed E-state index contributed by atoms with van der Waals surface area (Å²) in [5, 5.41) is 0. The Kier molecular flexibility index (Phi) is 2.27. The molecular weight excluding hydrogens is 144 g/mol. The number of hydrogen-bond acceptors (Lipinski definition) is 3. The number of carbonyl (C=O) groups excluding carboxylic acids is 2. The van der Waals surface area contributed by atoms with Crippen molar-refractivity contribution in [2.24, 2.45) is 11.8 Å². The summed E-state index contributed by atoms with van der Waals surface area (Å²) in [5.41, 5.74) is 0. The van der Waals surface area contributed by atoms with Crippen molar-refractivity contribution in [2.75, 3.05) is 6.61 Å². The van der Waals surface area contributed by atoms with E-state index in [1.807, 2.05) is 0 Å². The minimum Gasteiger partial charge on any atom is -0.466 e. The zero-order valence-electron chi connectivity index (χ0n) is 6.79. The molecule has 0 saturated heterocycles. The van der Waals surface area contributed by atoms with Gasteiger partial charge in [-0.05, 0) is 20.3 Å². The van der Waals surface area contributed by atoms with Crippen LogP contribution in [-0.4, -0.2) is 18.4 Å². The molecule has 3 nitrogen and oxygen atoms in total. The standard InChI is InChI=1S/C8H12O3/c1-3-11-8(10)7-4-6(7)5(2)9/h6-7H,3-4H2,1-2H3/t6-,7-/m1/s1. The molecule has 0 spiro atoms. The first kappa shape index (κ1) is 8.24. The summed E-state index contributed by atoms with van der Waals surface area (Å²) in [6.07, 6.45) is 0.689. The zero-order chi connectivity index (χ0) is 8.43. The smallest absolute Gasteiger partial charge is 0.309 e. The van der Waals surface area contributed by atoms with Crippen LogP contribution < -0.4 is 0 Å². The summed E-state index contributed by atoms with van der Waals surface area (Å²) in [6.45, 7) is 3.69. The Labute approximate surface area is 65.7 Å². The molecule has 0 radical (unpaired) electrons. The fraction of sp³-hybridized carbons (Fsp3) is 0.750. The maximum Gasteiger partial charge on any atom is 0.309 e. The Bertz CT molecular complexity index is 186. The van der Waals surface area contributed by atoms with Crippen LogP contribution in [0.1, 0.15) is 20.3 Å². The van der Waals surface area contributed by atoms with E-state index in [2.05, 4.69) is 0 Å². The summed E-state index contributed by atoms with van der Waals surface area (Å²) >= 11 is 0. The molecule has 0 amide bonds. The number of ether oxygens (including phenoxy) is 1. The van der Waals surface area contributed by atoms with Crippen LogP contribution in [-0.2, 0) is 14.3 Å². The van der Waals surface area contributed by atoms with Gasteiger partial charge in [0, 0.05) is 5.92 Å². The van der Waals surface area contributed by atoms with Gasteiger partial charge in [0.1, 0.15) is 5.78 Å². The van der Waals surface area contributed by atoms with E-state index in [0.717, 1.165) is 0 Å². The van der Waals surface area contributed by atoms with Crippen LogP contribution >= 0.6 is 0 Å². The second kappa shape index (κ2) is 3.03. The van der Waals surface area contributed by atoms with Gasteiger partial charge in [0.15, 0.2) is 0 Å². The second-order valence-corrected chi connectivity index (χ2v) is 2.81. The Morgan fingerprint density at radius 1 is 1.45 bits per heavy atom. The highest BCUT2D eigenvalue weighted by atomic mass is 16.5. The number of Topliss-reactive ketones (excluding diaryl/α,β-unsaturated/α-hetero) is 1. The summed E-state index contributed by atoms with van der Waals surface area (Å²) in [4.78, 5) is 21.7. The monoisotopic (exact) mass is 156 g/mol. The van der Waals surface area contributed by atoms with Crippen LogP contribution in [0.25, 0.3) is 0 Å². The average molecular weight is 156 g/mol. The molecule has 0 bridgehead atoms. The van der Waals surface area contributed by atoms with E-state index in [1.54, 1.807) is 6.92 Å². The summed E-state index contributed by atoms with van der Waals surface area (Å²) in [6, 6.07) is 0. The van der Waals surface area contributed by atoms with Crippen LogP contribution in [0.5, 0.6) is 0 Å². The van der Waals surface area contributed by atoms with Gasteiger partial charge in [-0.2, -0.15) is 0 Å². The van der Waals surface area contributed by atoms with Crippen LogP contribution in [0, 0.1) is 11.8 Å². The fourth-order valence-corrected chi connectivity index (χ4v) is 1.15. The minimum absolute atomic E-state index is 0.0472. The number of carbonyl (C=O) groups is 2. The van der Waals surface area contributed by atoms with Crippen molar-refractivity contribution in [3.63, 3.8) is 0 Å². The molecule has 0 unspecified atom stereocenters. The molecule has 11 heavy (non-hydrogen) atoms. The molecule has 1 rings (SSSR count). The van der Waals surface area contributed by atoms with E-state index in [4.69, 9.17) is 4.74 Å². The summed E-state index contributed by atoms with van der Waals surface area (Å²) in [7, 11) is 0. The van der Waals surface area contributed by atoms with Crippen molar-refractivity contribution in [3.05, 3.63) is 0 Å². The van der Waals surface area contributed by atoms with E-state index in [0.29, 0.717) is 13.0 Å². The number of rotatable bonds is 3. The lowest BCUT2D eigenvalue weighted by molar-refractivity contribution is -0.145. The van der Waals surface area contributed by atoms with Gasteiger partial charge in [-0.15, -0.1) is 0 Å². The van der Waals surface area contributed by atoms with Gasteiger partial charge >= 0.3 is 5.97 Å². The Balaban J connectivity index is 2.32. The lowest BCUT2D eigenvalue weighted by atomic mass is 10.2. The third-order valence-electron chi connectivity index (χ3n) is 1.90. The first-order chi connectivity index (χ1) is 5.16. The highest BCUT2D eigenvalue weighted by Crippen LogP contribution is 2.39. The number of ketones is 1. The van der Waals surface area contributed by atoms with E-state index in [9.17, 15) is 9.59 Å². The van der Waals surface area contributed by atoms with Gasteiger partial charge in [0.2, 0.25) is 0 Å². The van der Waals surface area contributed by atoms with Crippen molar-refractivity contribution < 1.29 is 14.3 Å². The van der Waals surface area contributed by atoms with Crippen LogP contribution in [0.2, 0.25) is 0 Å². The first-order valence-electron chi connectivity index (χ1n) is 3.84. The van der Waals surface area contributed by atoms with Crippen LogP contribution in [0.4, 0.5) is 0 Å². The van der Waals surface area contributed by atoms with Crippen LogP contribution in [0.15, 0.2) is 0 Å². The molecule has 0 aromatic heterocycles. The Hall–Kier alpha value is -0.860. The minimum atomic E-state index is -0.215. The molecule has 0 N–H and O–H groups in total. The molecule has 62 valence electrons. The Morgan fingerprint density at radius 3 is 2.45 bits per heavy atom. The van der Waals surface area contributed by atoms with Gasteiger partial charge in [0.05, 0.1) is 12.5 Å². The van der Waals surface area contributed by atoms with Gasteiger partial charge < -0.3 is 4.74 Å². The number of hydrogen-bond donors (Lipinski definition) is 0. The SMILES string of the molecule is CCOC(=O)[C@@H]1C[C@@H]1C(C)=O. The highest BCUT2D eigenvalue weighted by molar-refractivity contribution is 5.89. The number of esters is 1. The molecule has 0 aromatic rings. The molecule has 0 heterocycles. The first-order valence-corrected chi connectivity index (χ1v) is 3.84. The zero-order valence-corrected chi connectivity index (χ0v) is 6.79. The van der Waals surface area contributed by atoms with Crippen molar-refractivity contribution in [1.29, 1.82) is 0 Å². The van der Waals surface area contributed by atoms with Crippen molar-refractivity contribution >= 4 is 11.8 Å². The summed E-state index contributed by atoms with van der Waals surface area (Å²) < 4.78 is 4.76. The molecule has 1 saturated carbocycles. The maximum atomic E-state index is 10.9. The maximum absolute atomic E-state index is 10.9. The van der Waals surface area contributed by atoms with Gasteiger partial charge in [0.25, 0.3) is 0 Å². The van der Waals surface area contributed by atoms with Gasteiger partial charge in [-0.25, -0.2) is 0 Å². The molecule has 0 aromatic carbocycles. The predicted octanol–water partition coefficient (Wildman–Crippen LogP) is 0.775.